The highest BCUT2D eigenvalue weighted by atomic mass is 16.5. The Morgan fingerprint density at radius 3 is 2.00 bits per heavy atom. The predicted octanol–water partition coefficient (Wildman–Crippen LogP) is 6.70. The van der Waals surface area contributed by atoms with Gasteiger partial charge in [-0.05, 0) is 59.0 Å². The molecule has 3 heteroatoms. The van der Waals surface area contributed by atoms with Crippen molar-refractivity contribution < 1.29 is 14.2 Å². The average Bonchev–Trinajstić information content (AvgIpc) is 2.65. The monoisotopic (exact) mass is 364 g/mol. The molecular formula is C24H28O3. The van der Waals surface area contributed by atoms with E-state index in [1.807, 2.05) is 48.5 Å². The third kappa shape index (κ3) is 5.40. The van der Waals surface area contributed by atoms with Gasteiger partial charge in [-0.2, -0.15) is 0 Å². The maximum absolute atomic E-state index is 6.12. The molecule has 0 spiro atoms. The summed E-state index contributed by atoms with van der Waals surface area (Å²) in [6, 6.07) is 20.0. The number of fused-ring (bicyclic) bond motifs is 1. The molecule has 0 saturated carbocycles. The molecule has 0 saturated heterocycles. The van der Waals surface area contributed by atoms with Gasteiger partial charge in [0.15, 0.2) is 11.5 Å². The predicted molar refractivity (Wildman–Crippen MR) is 111 cm³/mol. The van der Waals surface area contributed by atoms with E-state index in [-0.39, 0.29) is 0 Å². The minimum atomic E-state index is 0.442. The fourth-order valence-corrected chi connectivity index (χ4v) is 2.65. The normalized spacial score (nSPS) is 11.2. The molecule has 0 amide bonds. The van der Waals surface area contributed by atoms with E-state index >= 15 is 0 Å². The second-order valence-electron chi connectivity index (χ2n) is 7.63. The van der Waals surface area contributed by atoms with Gasteiger partial charge in [0, 0.05) is 0 Å². The quantitative estimate of drug-likeness (QED) is 0.445. The minimum absolute atomic E-state index is 0.442. The second-order valence-corrected chi connectivity index (χ2v) is 7.63. The summed E-state index contributed by atoms with van der Waals surface area (Å²) < 4.78 is 18.0. The van der Waals surface area contributed by atoms with Crippen molar-refractivity contribution in [2.45, 2.75) is 27.7 Å². The van der Waals surface area contributed by atoms with E-state index in [9.17, 15) is 0 Å². The Morgan fingerprint density at radius 2 is 1.30 bits per heavy atom. The van der Waals surface area contributed by atoms with Crippen LogP contribution in [0.1, 0.15) is 27.7 Å². The molecule has 3 aromatic carbocycles. The van der Waals surface area contributed by atoms with Gasteiger partial charge in [-0.1, -0.05) is 52.0 Å². The zero-order valence-electron chi connectivity index (χ0n) is 16.6. The summed E-state index contributed by atoms with van der Waals surface area (Å²) in [5.74, 6) is 4.07. The van der Waals surface area contributed by atoms with E-state index in [2.05, 4.69) is 39.8 Å². The molecule has 27 heavy (non-hydrogen) atoms. The molecular weight excluding hydrogens is 336 g/mol. The fraction of sp³-hybridized carbons (Fsp3) is 0.333. The number of hydrogen-bond acceptors (Lipinski definition) is 3. The van der Waals surface area contributed by atoms with Crippen LogP contribution < -0.4 is 14.2 Å². The molecule has 0 aliphatic carbocycles. The molecule has 0 aliphatic heterocycles. The Hall–Kier alpha value is -2.68. The Labute approximate surface area is 161 Å². The van der Waals surface area contributed by atoms with Gasteiger partial charge in [0.25, 0.3) is 0 Å². The standard InChI is InChI=1S/C24H28O3/c1-17(2)15-25-22-11-10-19-13-23(26-16-18(3)4)24(14-20(19)12-22)27-21-8-6-5-7-9-21/h5-14,17-18H,15-16H2,1-4H3. The van der Waals surface area contributed by atoms with Gasteiger partial charge < -0.3 is 14.2 Å². The molecule has 0 N–H and O–H groups in total. The molecule has 142 valence electrons. The van der Waals surface area contributed by atoms with Gasteiger partial charge in [-0.25, -0.2) is 0 Å². The molecule has 0 atom stereocenters. The van der Waals surface area contributed by atoms with Crippen molar-refractivity contribution in [3.63, 3.8) is 0 Å². The van der Waals surface area contributed by atoms with Gasteiger partial charge in [-0.15, -0.1) is 0 Å². The van der Waals surface area contributed by atoms with E-state index in [4.69, 9.17) is 14.2 Å². The van der Waals surface area contributed by atoms with Crippen LogP contribution in [0, 0.1) is 11.8 Å². The molecule has 0 unspecified atom stereocenters. The zero-order valence-corrected chi connectivity index (χ0v) is 16.6. The van der Waals surface area contributed by atoms with Crippen molar-refractivity contribution in [1.29, 1.82) is 0 Å². The third-order valence-electron chi connectivity index (χ3n) is 4.00. The zero-order chi connectivity index (χ0) is 19.2. The molecule has 3 aromatic rings. The van der Waals surface area contributed by atoms with Crippen molar-refractivity contribution in [3.8, 4) is 23.0 Å². The first-order valence-electron chi connectivity index (χ1n) is 9.57. The molecule has 0 bridgehead atoms. The van der Waals surface area contributed by atoms with E-state index in [0.29, 0.717) is 25.0 Å². The molecule has 0 fully saturated rings. The Morgan fingerprint density at radius 1 is 0.630 bits per heavy atom. The maximum Gasteiger partial charge on any atom is 0.169 e. The summed E-state index contributed by atoms with van der Waals surface area (Å²) in [7, 11) is 0. The van der Waals surface area contributed by atoms with Crippen molar-refractivity contribution >= 4 is 10.8 Å². The van der Waals surface area contributed by atoms with Gasteiger partial charge >= 0.3 is 0 Å². The Balaban J connectivity index is 1.95. The van der Waals surface area contributed by atoms with E-state index in [0.717, 1.165) is 33.8 Å². The number of ether oxygens (including phenoxy) is 3. The van der Waals surface area contributed by atoms with Crippen molar-refractivity contribution in [1.82, 2.24) is 0 Å². The van der Waals surface area contributed by atoms with Crippen LogP contribution in [0.25, 0.3) is 10.8 Å². The summed E-state index contributed by atoms with van der Waals surface area (Å²) >= 11 is 0. The van der Waals surface area contributed by atoms with Crippen LogP contribution in [0.4, 0.5) is 0 Å². The lowest BCUT2D eigenvalue weighted by Gasteiger charge is -2.16. The molecule has 0 aromatic heterocycles. The number of benzene rings is 3. The fourth-order valence-electron chi connectivity index (χ4n) is 2.65. The minimum Gasteiger partial charge on any atom is -0.493 e. The van der Waals surface area contributed by atoms with Crippen LogP contribution in [0.3, 0.4) is 0 Å². The first-order chi connectivity index (χ1) is 13.0. The molecule has 0 aliphatic rings. The summed E-state index contributed by atoms with van der Waals surface area (Å²) in [5, 5.41) is 2.17. The van der Waals surface area contributed by atoms with Gasteiger partial charge in [0.2, 0.25) is 0 Å². The highest BCUT2D eigenvalue weighted by Crippen LogP contribution is 2.37. The molecule has 0 radical (unpaired) electrons. The third-order valence-corrected chi connectivity index (χ3v) is 4.00. The van der Waals surface area contributed by atoms with Crippen molar-refractivity contribution in [2.24, 2.45) is 11.8 Å². The lowest BCUT2D eigenvalue weighted by molar-refractivity contribution is 0.261. The van der Waals surface area contributed by atoms with Gasteiger partial charge in [-0.3, -0.25) is 0 Å². The van der Waals surface area contributed by atoms with E-state index in [1.165, 1.54) is 0 Å². The number of hydrogen-bond donors (Lipinski definition) is 0. The molecule has 3 rings (SSSR count). The molecule has 3 nitrogen and oxygen atoms in total. The van der Waals surface area contributed by atoms with Crippen LogP contribution in [0.2, 0.25) is 0 Å². The smallest absolute Gasteiger partial charge is 0.169 e. The van der Waals surface area contributed by atoms with E-state index in [1.54, 1.807) is 0 Å². The van der Waals surface area contributed by atoms with Gasteiger partial charge in [0.05, 0.1) is 13.2 Å². The van der Waals surface area contributed by atoms with E-state index < -0.39 is 0 Å². The second kappa shape index (κ2) is 8.81. The summed E-state index contributed by atoms with van der Waals surface area (Å²) in [6.07, 6.45) is 0. The van der Waals surface area contributed by atoms with Crippen LogP contribution in [0.15, 0.2) is 60.7 Å². The molecule has 0 heterocycles. The van der Waals surface area contributed by atoms with Crippen LogP contribution in [-0.4, -0.2) is 13.2 Å². The highest BCUT2D eigenvalue weighted by molar-refractivity contribution is 5.87. The number of rotatable bonds is 8. The van der Waals surface area contributed by atoms with Crippen LogP contribution in [-0.2, 0) is 0 Å². The lowest BCUT2D eigenvalue weighted by Crippen LogP contribution is -2.05. The first-order valence-corrected chi connectivity index (χ1v) is 9.57. The topological polar surface area (TPSA) is 27.7 Å². The lowest BCUT2D eigenvalue weighted by atomic mass is 10.1. The van der Waals surface area contributed by atoms with Crippen LogP contribution in [0.5, 0.6) is 23.0 Å². The van der Waals surface area contributed by atoms with Crippen molar-refractivity contribution in [3.05, 3.63) is 60.7 Å². The summed E-state index contributed by atoms with van der Waals surface area (Å²) in [5.41, 5.74) is 0. The van der Waals surface area contributed by atoms with Gasteiger partial charge in [0.1, 0.15) is 11.5 Å². The van der Waals surface area contributed by atoms with Crippen LogP contribution >= 0.6 is 0 Å². The largest absolute Gasteiger partial charge is 0.493 e. The Kier molecular flexibility index (Phi) is 6.23. The van der Waals surface area contributed by atoms with Crippen molar-refractivity contribution in [2.75, 3.05) is 13.2 Å². The summed E-state index contributed by atoms with van der Waals surface area (Å²) in [6.45, 7) is 9.91. The first kappa shape index (κ1) is 19.1. The Bertz CT molecular complexity index is 869. The number of para-hydroxylation sites is 1. The average molecular weight is 364 g/mol. The highest BCUT2D eigenvalue weighted by Gasteiger charge is 2.11. The SMILES string of the molecule is CC(C)COc1ccc2cc(OCC(C)C)c(Oc3ccccc3)cc2c1. The maximum atomic E-state index is 6.12. The summed E-state index contributed by atoms with van der Waals surface area (Å²) in [4.78, 5) is 0.